The Hall–Kier alpha value is -1.91. The van der Waals surface area contributed by atoms with Crippen molar-refractivity contribution in [3.05, 3.63) is 72.3 Å². The second kappa shape index (κ2) is 6.24. The molecule has 0 radical (unpaired) electrons. The third-order valence-corrected chi connectivity index (χ3v) is 5.14. The van der Waals surface area contributed by atoms with E-state index in [1.807, 2.05) is 37.3 Å². The fraction of sp³-hybridized carbons (Fsp3) is 0.176. The lowest BCUT2D eigenvalue weighted by molar-refractivity contribution is 0.502. The van der Waals surface area contributed by atoms with Crippen molar-refractivity contribution >= 4 is 15.6 Å². The molecule has 0 bridgehead atoms. The van der Waals surface area contributed by atoms with Gasteiger partial charge in [-0.2, -0.15) is 4.31 Å². The summed E-state index contributed by atoms with van der Waals surface area (Å²) in [6.45, 7) is 6.17. The zero-order valence-corrected chi connectivity index (χ0v) is 13.1. The van der Waals surface area contributed by atoms with Crippen molar-refractivity contribution in [3.8, 4) is 0 Å². The number of hydrogen-bond acceptors (Lipinski definition) is 2. The molecule has 0 amide bonds. The largest absolute Gasteiger partial charge is 0.243 e. The Morgan fingerprint density at radius 1 is 1.05 bits per heavy atom. The van der Waals surface area contributed by atoms with Crippen LogP contribution in [0.2, 0.25) is 0 Å². The summed E-state index contributed by atoms with van der Waals surface area (Å²) in [5, 5.41) is 0. The molecule has 0 heterocycles. The molecule has 2 aromatic carbocycles. The van der Waals surface area contributed by atoms with Crippen LogP contribution >= 0.6 is 0 Å². The van der Waals surface area contributed by atoms with Crippen molar-refractivity contribution in [1.29, 1.82) is 0 Å². The highest BCUT2D eigenvalue weighted by molar-refractivity contribution is 7.89. The molecule has 0 aliphatic rings. The minimum atomic E-state index is -3.49. The molecule has 0 saturated heterocycles. The second-order valence-electron chi connectivity index (χ2n) is 5.04. The SMILES string of the molecule is C=C(CN(C)S(=O)(=O)c1ccc(C)cc1)c1ccccc1. The van der Waals surface area contributed by atoms with E-state index in [-0.39, 0.29) is 6.54 Å². The van der Waals surface area contributed by atoms with Gasteiger partial charge in [0, 0.05) is 13.6 Å². The number of likely N-dealkylation sites (N-methyl/N-ethyl adjacent to an activating group) is 1. The molecule has 0 unspecified atom stereocenters. The van der Waals surface area contributed by atoms with Crippen LogP contribution in [0.1, 0.15) is 11.1 Å². The molecule has 0 saturated carbocycles. The minimum absolute atomic E-state index is 0.264. The molecule has 2 rings (SSSR count). The number of nitrogens with zero attached hydrogens (tertiary/aromatic N) is 1. The Labute approximate surface area is 126 Å². The molecule has 0 aliphatic heterocycles. The van der Waals surface area contributed by atoms with E-state index in [0.29, 0.717) is 4.90 Å². The predicted molar refractivity (Wildman–Crippen MR) is 86.5 cm³/mol. The summed E-state index contributed by atoms with van der Waals surface area (Å²) in [5.41, 5.74) is 2.75. The van der Waals surface area contributed by atoms with Crippen molar-refractivity contribution in [2.24, 2.45) is 0 Å². The average molecular weight is 301 g/mol. The predicted octanol–water partition coefficient (Wildman–Crippen LogP) is 3.33. The molecule has 0 atom stereocenters. The number of rotatable bonds is 5. The van der Waals surface area contributed by atoms with Gasteiger partial charge in [0.15, 0.2) is 0 Å². The zero-order valence-electron chi connectivity index (χ0n) is 12.3. The van der Waals surface area contributed by atoms with E-state index in [0.717, 1.165) is 16.7 Å². The van der Waals surface area contributed by atoms with Crippen LogP contribution < -0.4 is 0 Å². The van der Waals surface area contributed by atoms with Gasteiger partial charge in [-0.15, -0.1) is 0 Å². The number of sulfonamides is 1. The summed E-state index contributed by atoms with van der Waals surface area (Å²) < 4.78 is 26.3. The first-order chi connectivity index (χ1) is 9.91. The maximum absolute atomic E-state index is 12.5. The van der Waals surface area contributed by atoms with Gasteiger partial charge >= 0.3 is 0 Å². The maximum atomic E-state index is 12.5. The monoisotopic (exact) mass is 301 g/mol. The molecule has 4 heteroatoms. The van der Waals surface area contributed by atoms with E-state index in [2.05, 4.69) is 6.58 Å². The molecule has 3 nitrogen and oxygen atoms in total. The Morgan fingerprint density at radius 2 is 1.62 bits per heavy atom. The Morgan fingerprint density at radius 3 is 2.19 bits per heavy atom. The lowest BCUT2D eigenvalue weighted by Crippen LogP contribution is -2.28. The highest BCUT2D eigenvalue weighted by atomic mass is 32.2. The Kier molecular flexibility index (Phi) is 4.60. The maximum Gasteiger partial charge on any atom is 0.243 e. The number of aryl methyl sites for hydroxylation is 1. The van der Waals surface area contributed by atoms with Crippen LogP contribution in [0.15, 0.2) is 66.1 Å². The van der Waals surface area contributed by atoms with Gasteiger partial charge in [-0.05, 0) is 30.2 Å². The van der Waals surface area contributed by atoms with E-state index in [1.54, 1.807) is 31.3 Å². The van der Waals surface area contributed by atoms with E-state index < -0.39 is 10.0 Å². The molecule has 110 valence electrons. The van der Waals surface area contributed by atoms with Crippen molar-refractivity contribution in [1.82, 2.24) is 4.31 Å². The minimum Gasteiger partial charge on any atom is -0.207 e. The van der Waals surface area contributed by atoms with Crippen molar-refractivity contribution in [3.63, 3.8) is 0 Å². The topological polar surface area (TPSA) is 37.4 Å². The second-order valence-corrected chi connectivity index (χ2v) is 7.09. The van der Waals surface area contributed by atoms with E-state index in [1.165, 1.54) is 4.31 Å². The van der Waals surface area contributed by atoms with E-state index in [9.17, 15) is 8.42 Å². The molecule has 0 fully saturated rings. The molecule has 2 aromatic rings. The van der Waals surface area contributed by atoms with Gasteiger partial charge in [-0.25, -0.2) is 8.42 Å². The Balaban J connectivity index is 2.17. The molecule has 21 heavy (non-hydrogen) atoms. The molecule has 0 spiro atoms. The molecule has 0 aromatic heterocycles. The molecule has 0 aliphatic carbocycles. The van der Waals surface area contributed by atoms with Gasteiger partial charge in [0.2, 0.25) is 10.0 Å². The number of benzene rings is 2. The molecule has 0 N–H and O–H groups in total. The van der Waals surface area contributed by atoms with Crippen LogP contribution in [0, 0.1) is 6.92 Å². The highest BCUT2D eigenvalue weighted by Crippen LogP contribution is 2.19. The van der Waals surface area contributed by atoms with Crippen molar-refractivity contribution in [2.75, 3.05) is 13.6 Å². The summed E-state index contributed by atoms with van der Waals surface area (Å²) in [7, 11) is -1.91. The lowest BCUT2D eigenvalue weighted by atomic mass is 10.1. The molecular weight excluding hydrogens is 282 g/mol. The summed E-state index contributed by atoms with van der Waals surface area (Å²) in [5.74, 6) is 0. The third kappa shape index (κ3) is 3.60. The fourth-order valence-corrected chi connectivity index (χ4v) is 3.17. The summed E-state index contributed by atoms with van der Waals surface area (Å²) in [6, 6.07) is 16.5. The smallest absolute Gasteiger partial charge is 0.207 e. The van der Waals surface area contributed by atoms with E-state index >= 15 is 0 Å². The standard InChI is InChI=1S/C17H19NO2S/c1-14-9-11-17(12-10-14)21(19,20)18(3)13-15(2)16-7-5-4-6-8-16/h4-12H,2,13H2,1,3H3. The average Bonchev–Trinajstić information content (AvgIpc) is 2.48. The first-order valence-corrected chi connectivity index (χ1v) is 8.11. The summed E-state index contributed by atoms with van der Waals surface area (Å²) >= 11 is 0. The van der Waals surface area contributed by atoms with Gasteiger partial charge in [0.25, 0.3) is 0 Å². The van der Waals surface area contributed by atoms with Gasteiger partial charge in [0.05, 0.1) is 4.90 Å². The highest BCUT2D eigenvalue weighted by Gasteiger charge is 2.21. The van der Waals surface area contributed by atoms with Crippen LogP contribution in [-0.2, 0) is 10.0 Å². The first-order valence-electron chi connectivity index (χ1n) is 6.67. The summed E-state index contributed by atoms with van der Waals surface area (Å²) in [4.78, 5) is 0.302. The zero-order chi connectivity index (χ0) is 15.5. The lowest BCUT2D eigenvalue weighted by Gasteiger charge is -2.18. The van der Waals surface area contributed by atoms with Crippen LogP contribution in [0.25, 0.3) is 5.57 Å². The third-order valence-electron chi connectivity index (χ3n) is 3.32. The molecular formula is C17H19NO2S. The van der Waals surface area contributed by atoms with Gasteiger partial charge in [0.1, 0.15) is 0 Å². The van der Waals surface area contributed by atoms with Gasteiger partial charge in [-0.1, -0.05) is 54.6 Å². The fourth-order valence-electron chi connectivity index (χ4n) is 2.01. The first kappa shape index (κ1) is 15.5. The van der Waals surface area contributed by atoms with E-state index in [4.69, 9.17) is 0 Å². The van der Waals surface area contributed by atoms with Crippen LogP contribution in [0.4, 0.5) is 0 Å². The quantitative estimate of drug-likeness (QED) is 0.849. The van der Waals surface area contributed by atoms with Crippen LogP contribution in [-0.4, -0.2) is 26.3 Å². The van der Waals surface area contributed by atoms with Crippen molar-refractivity contribution in [2.45, 2.75) is 11.8 Å². The van der Waals surface area contributed by atoms with Crippen LogP contribution in [0.5, 0.6) is 0 Å². The normalized spacial score (nSPS) is 11.6. The Bertz CT molecular complexity index is 719. The number of hydrogen-bond donors (Lipinski definition) is 0. The van der Waals surface area contributed by atoms with Crippen LogP contribution in [0.3, 0.4) is 0 Å². The van der Waals surface area contributed by atoms with Crippen molar-refractivity contribution < 1.29 is 8.42 Å². The van der Waals surface area contributed by atoms with Gasteiger partial charge < -0.3 is 0 Å². The summed E-state index contributed by atoms with van der Waals surface area (Å²) in [6.07, 6.45) is 0. The van der Waals surface area contributed by atoms with Gasteiger partial charge in [-0.3, -0.25) is 0 Å².